The number of carbonyl (C=O) groups is 1. The summed E-state index contributed by atoms with van der Waals surface area (Å²) in [5.41, 5.74) is 1.92. The minimum Gasteiger partial charge on any atom is -0.492 e. The lowest BCUT2D eigenvalue weighted by atomic mass is 10.2. The van der Waals surface area contributed by atoms with Crippen molar-refractivity contribution in [3.8, 4) is 5.75 Å². The van der Waals surface area contributed by atoms with E-state index in [9.17, 15) is 4.79 Å². The van der Waals surface area contributed by atoms with Crippen molar-refractivity contribution in [2.45, 2.75) is 6.42 Å². The molecule has 0 saturated carbocycles. The Morgan fingerprint density at radius 2 is 1.95 bits per heavy atom. The molecule has 0 saturated heterocycles. The molecule has 0 fully saturated rings. The van der Waals surface area contributed by atoms with E-state index in [0.29, 0.717) is 17.4 Å². The topological polar surface area (TPSA) is 46.5 Å². The average Bonchev–Trinajstić information content (AvgIpc) is 2.48. The fourth-order valence-corrected chi connectivity index (χ4v) is 2.07. The molecule has 0 aliphatic rings. The van der Waals surface area contributed by atoms with Gasteiger partial charge in [-0.3, -0.25) is 0 Å². The molecule has 2 aromatic carbocycles. The van der Waals surface area contributed by atoms with Crippen LogP contribution >= 0.6 is 11.6 Å². The van der Waals surface area contributed by atoms with Gasteiger partial charge in [0.05, 0.1) is 11.6 Å². The van der Waals surface area contributed by atoms with Crippen LogP contribution in [0.2, 0.25) is 5.02 Å². The van der Waals surface area contributed by atoms with E-state index in [-0.39, 0.29) is 0 Å². The average molecular weight is 303 g/mol. The van der Waals surface area contributed by atoms with Crippen LogP contribution in [0.3, 0.4) is 0 Å². The summed E-state index contributed by atoms with van der Waals surface area (Å²) in [7, 11) is 0. The number of hydrogen-bond acceptors (Lipinski definition) is 2. The molecule has 0 aromatic heterocycles. The lowest BCUT2D eigenvalue weighted by molar-refractivity contribution is -0.131. The van der Waals surface area contributed by atoms with Crippen LogP contribution in [0, 0.1) is 0 Å². The number of halogens is 1. The Morgan fingerprint density at radius 1 is 1.19 bits per heavy atom. The van der Waals surface area contributed by atoms with Gasteiger partial charge in [-0.2, -0.15) is 0 Å². The van der Waals surface area contributed by atoms with Crippen molar-refractivity contribution in [1.29, 1.82) is 0 Å². The molecule has 0 bridgehead atoms. The Hall–Kier alpha value is -2.26. The summed E-state index contributed by atoms with van der Waals surface area (Å²) < 4.78 is 5.65. The van der Waals surface area contributed by atoms with Crippen LogP contribution < -0.4 is 4.74 Å². The van der Waals surface area contributed by atoms with Crippen LogP contribution in [-0.4, -0.2) is 17.7 Å². The zero-order valence-corrected chi connectivity index (χ0v) is 12.1. The van der Waals surface area contributed by atoms with E-state index in [4.69, 9.17) is 21.4 Å². The first-order valence-corrected chi connectivity index (χ1v) is 6.90. The summed E-state index contributed by atoms with van der Waals surface area (Å²) in [5, 5.41) is 9.05. The summed E-state index contributed by atoms with van der Waals surface area (Å²) in [6.45, 7) is 0.536. The predicted molar refractivity (Wildman–Crippen MR) is 83.8 cm³/mol. The van der Waals surface area contributed by atoms with E-state index in [1.165, 1.54) is 11.6 Å². The Bertz CT molecular complexity index is 636. The molecule has 0 aliphatic heterocycles. The standard InChI is InChI=1S/C17H15ClO3/c18-15-12-14(7-9-17(19)20)6-8-16(15)21-11-10-13-4-2-1-3-5-13/h1-9,12H,10-11H2,(H,19,20). The normalized spacial score (nSPS) is 10.7. The second-order valence-corrected chi connectivity index (χ2v) is 4.85. The Labute approximate surface area is 128 Å². The zero-order valence-electron chi connectivity index (χ0n) is 11.3. The minimum absolute atomic E-state index is 0.468. The second kappa shape index (κ2) is 7.50. The quantitative estimate of drug-likeness (QED) is 0.819. The van der Waals surface area contributed by atoms with E-state index in [1.54, 1.807) is 18.2 Å². The lowest BCUT2D eigenvalue weighted by Crippen LogP contribution is -2.01. The largest absolute Gasteiger partial charge is 0.492 e. The van der Waals surface area contributed by atoms with Gasteiger partial charge >= 0.3 is 5.97 Å². The van der Waals surface area contributed by atoms with E-state index >= 15 is 0 Å². The van der Waals surface area contributed by atoms with Crippen LogP contribution in [0.5, 0.6) is 5.75 Å². The molecule has 2 aromatic rings. The highest BCUT2D eigenvalue weighted by molar-refractivity contribution is 6.32. The highest BCUT2D eigenvalue weighted by Gasteiger charge is 2.02. The summed E-state index contributed by atoms with van der Waals surface area (Å²) in [6.07, 6.45) is 3.36. The summed E-state index contributed by atoms with van der Waals surface area (Å²) in [5.74, 6) is -0.394. The SMILES string of the molecule is O=C(O)C=Cc1ccc(OCCc2ccccc2)c(Cl)c1. The summed E-state index contributed by atoms with van der Waals surface area (Å²) in [6, 6.07) is 15.2. The highest BCUT2D eigenvalue weighted by atomic mass is 35.5. The fourth-order valence-electron chi connectivity index (χ4n) is 1.83. The van der Waals surface area contributed by atoms with Crippen LogP contribution in [0.25, 0.3) is 6.08 Å². The van der Waals surface area contributed by atoms with Crippen molar-refractivity contribution in [3.05, 3.63) is 70.8 Å². The van der Waals surface area contributed by atoms with E-state index < -0.39 is 5.97 Å². The number of aliphatic carboxylic acids is 1. The van der Waals surface area contributed by atoms with Gasteiger partial charge in [-0.15, -0.1) is 0 Å². The maximum absolute atomic E-state index is 10.5. The number of hydrogen-bond donors (Lipinski definition) is 1. The van der Waals surface area contributed by atoms with Crippen molar-refractivity contribution < 1.29 is 14.6 Å². The van der Waals surface area contributed by atoms with Gasteiger partial charge in [-0.1, -0.05) is 48.0 Å². The van der Waals surface area contributed by atoms with Crippen molar-refractivity contribution in [2.75, 3.05) is 6.61 Å². The monoisotopic (exact) mass is 302 g/mol. The van der Waals surface area contributed by atoms with Gasteiger partial charge in [-0.05, 0) is 29.3 Å². The molecule has 0 spiro atoms. The van der Waals surface area contributed by atoms with E-state index in [2.05, 4.69) is 0 Å². The van der Waals surface area contributed by atoms with E-state index in [1.807, 2.05) is 30.3 Å². The molecule has 108 valence electrons. The molecule has 0 unspecified atom stereocenters. The van der Waals surface area contributed by atoms with Crippen molar-refractivity contribution >= 4 is 23.6 Å². The molecule has 0 aliphatic carbocycles. The van der Waals surface area contributed by atoms with Gasteiger partial charge in [0.2, 0.25) is 0 Å². The van der Waals surface area contributed by atoms with Crippen LogP contribution in [0.4, 0.5) is 0 Å². The molecule has 3 nitrogen and oxygen atoms in total. The Kier molecular flexibility index (Phi) is 5.41. The Balaban J connectivity index is 1.93. The highest BCUT2D eigenvalue weighted by Crippen LogP contribution is 2.26. The van der Waals surface area contributed by atoms with Gasteiger partial charge in [0.25, 0.3) is 0 Å². The Morgan fingerprint density at radius 3 is 2.62 bits per heavy atom. The summed E-state index contributed by atoms with van der Waals surface area (Å²) in [4.78, 5) is 10.5. The van der Waals surface area contributed by atoms with Gasteiger partial charge < -0.3 is 9.84 Å². The number of ether oxygens (including phenoxy) is 1. The van der Waals surface area contributed by atoms with Crippen molar-refractivity contribution in [1.82, 2.24) is 0 Å². The molecule has 21 heavy (non-hydrogen) atoms. The molecule has 0 amide bonds. The molecule has 2 rings (SSSR count). The first-order chi connectivity index (χ1) is 10.1. The van der Waals surface area contributed by atoms with Gasteiger partial charge in [-0.25, -0.2) is 4.79 Å². The first kappa shape index (κ1) is 15.1. The minimum atomic E-state index is -0.991. The third-order valence-electron chi connectivity index (χ3n) is 2.87. The third kappa shape index (κ3) is 4.97. The number of carboxylic acids is 1. The van der Waals surface area contributed by atoms with Crippen LogP contribution in [0.15, 0.2) is 54.6 Å². The van der Waals surface area contributed by atoms with E-state index in [0.717, 1.165) is 18.1 Å². The maximum Gasteiger partial charge on any atom is 0.328 e. The van der Waals surface area contributed by atoms with Crippen molar-refractivity contribution in [2.24, 2.45) is 0 Å². The predicted octanol–water partition coefficient (Wildman–Crippen LogP) is 4.06. The smallest absolute Gasteiger partial charge is 0.328 e. The molecule has 1 N–H and O–H groups in total. The number of carboxylic acid groups (broad SMARTS) is 1. The molecule has 0 atom stereocenters. The second-order valence-electron chi connectivity index (χ2n) is 4.45. The molecule has 4 heteroatoms. The van der Waals surface area contributed by atoms with Gasteiger partial charge in [0.1, 0.15) is 5.75 Å². The fraction of sp³-hybridized carbons (Fsp3) is 0.118. The van der Waals surface area contributed by atoms with Crippen molar-refractivity contribution in [3.63, 3.8) is 0 Å². The van der Waals surface area contributed by atoms with Crippen LogP contribution in [0.1, 0.15) is 11.1 Å². The molecular formula is C17H15ClO3. The van der Waals surface area contributed by atoms with Gasteiger partial charge in [0.15, 0.2) is 0 Å². The molecular weight excluding hydrogens is 288 g/mol. The molecule has 0 radical (unpaired) electrons. The maximum atomic E-state index is 10.5. The third-order valence-corrected chi connectivity index (χ3v) is 3.16. The van der Waals surface area contributed by atoms with Crippen LogP contribution in [-0.2, 0) is 11.2 Å². The summed E-state index contributed by atoms with van der Waals surface area (Å²) >= 11 is 6.12. The number of benzene rings is 2. The zero-order chi connectivity index (χ0) is 15.1. The number of rotatable bonds is 6. The molecule has 0 heterocycles. The first-order valence-electron chi connectivity index (χ1n) is 6.52. The van der Waals surface area contributed by atoms with Gasteiger partial charge in [0, 0.05) is 12.5 Å². The lowest BCUT2D eigenvalue weighted by Gasteiger charge is -2.08.